The van der Waals surface area contributed by atoms with Gasteiger partial charge in [-0.25, -0.2) is 4.79 Å². The van der Waals surface area contributed by atoms with Gasteiger partial charge in [-0.2, -0.15) is 0 Å². The molecule has 144 valence electrons. The number of carbonyl (C=O) groups excluding carboxylic acids is 1. The third-order valence-corrected chi connectivity index (χ3v) is 5.82. The molecule has 0 aliphatic rings. The lowest BCUT2D eigenvalue weighted by atomic mass is 10.2. The Morgan fingerprint density at radius 1 is 1.18 bits per heavy atom. The summed E-state index contributed by atoms with van der Waals surface area (Å²) in [6.45, 7) is 0. The molecule has 1 heterocycles. The summed E-state index contributed by atoms with van der Waals surface area (Å²) in [4.78, 5) is 22.5. The number of ether oxygens (including phenoxy) is 1. The van der Waals surface area contributed by atoms with Gasteiger partial charge >= 0.3 is 5.97 Å². The van der Waals surface area contributed by atoms with Gasteiger partial charge in [-0.3, -0.25) is 10.1 Å². The van der Waals surface area contributed by atoms with Crippen molar-refractivity contribution in [2.24, 2.45) is 0 Å². The van der Waals surface area contributed by atoms with Crippen molar-refractivity contribution in [2.75, 3.05) is 17.7 Å². The van der Waals surface area contributed by atoms with Gasteiger partial charge in [0.1, 0.15) is 9.90 Å². The molecule has 0 unspecified atom stereocenters. The zero-order chi connectivity index (χ0) is 20.4. The van der Waals surface area contributed by atoms with Crippen LogP contribution in [0.3, 0.4) is 0 Å². The summed E-state index contributed by atoms with van der Waals surface area (Å²) >= 11 is 18.5. The summed E-state index contributed by atoms with van der Waals surface area (Å²) in [5.41, 5.74) is 0.851. The van der Waals surface area contributed by atoms with E-state index in [-0.39, 0.29) is 15.8 Å². The quantitative estimate of drug-likeness (QED) is 0.225. The van der Waals surface area contributed by atoms with Crippen molar-refractivity contribution >= 4 is 85.0 Å². The minimum Gasteiger partial charge on any atom is -0.465 e. The van der Waals surface area contributed by atoms with Gasteiger partial charge in [0, 0.05) is 27.5 Å². The van der Waals surface area contributed by atoms with Gasteiger partial charge in [0.05, 0.1) is 17.1 Å². The Labute approximate surface area is 178 Å². The highest BCUT2D eigenvalue weighted by atomic mass is 35.5. The molecule has 0 fully saturated rings. The maximum atomic E-state index is 11.8. The molecule has 1 aromatic heterocycles. The predicted molar refractivity (Wildman–Crippen MR) is 116 cm³/mol. The van der Waals surface area contributed by atoms with Crippen LogP contribution < -0.4 is 10.6 Å². The smallest absolute Gasteiger partial charge is 0.349 e. The molecule has 2 aromatic carbocycles. The molecule has 3 rings (SSSR count). The van der Waals surface area contributed by atoms with Gasteiger partial charge < -0.3 is 15.4 Å². The van der Waals surface area contributed by atoms with Crippen LogP contribution in [0.15, 0.2) is 36.4 Å². The molecule has 7 nitrogen and oxygen atoms in total. The zero-order valence-electron chi connectivity index (χ0n) is 14.1. The molecule has 0 bridgehead atoms. The number of carbonyl (C=O) groups is 1. The normalized spacial score (nSPS) is 10.5. The molecule has 2 N–H and O–H groups in total. The molecule has 3 aromatic rings. The fourth-order valence-corrected chi connectivity index (χ4v) is 4.28. The monoisotopic (exact) mass is 455 g/mol. The second-order valence-electron chi connectivity index (χ2n) is 5.45. The average Bonchev–Trinajstić information content (AvgIpc) is 2.98. The van der Waals surface area contributed by atoms with Gasteiger partial charge in [-0.15, -0.1) is 11.3 Å². The number of benzene rings is 2. The first-order valence-electron chi connectivity index (χ1n) is 7.62. The van der Waals surface area contributed by atoms with E-state index in [1.165, 1.54) is 30.6 Å². The van der Waals surface area contributed by atoms with Crippen LogP contribution in [-0.4, -0.2) is 23.1 Å². The highest BCUT2D eigenvalue weighted by Gasteiger charge is 2.18. The standard InChI is InChI=1S/C17H11Cl2N3O4S2/c1-26-16(23)15-14(19)10-4-2-9(7-13(10)28-15)21-17(27)20-8-3-5-11(18)12(6-8)22(24)25/h2-7H,1H3,(H2,20,21,27). The number of rotatable bonds is 4. The molecular weight excluding hydrogens is 445 g/mol. The van der Waals surface area contributed by atoms with E-state index in [4.69, 9.17) is 40.2 Å². The largest absolute Gasteiger partial charge is 0.465 e. The van der Waals surface area contributed by atoms with Crippen LogP contribution in [0, 0.1) is 10.1 Å². The first-order valence-corrected chi connectivity index (χ1v) is 9.60. The Morgan fingerprint density at radius 3 is 2.46 bits per heavy atom. The SMILES string of the molecule is COC(=O)c1sc2cc(NC(=S)Nc3ccc(Cl)c([N+](=O)[O-])c3)ccc2c1Cl. The summed E-state index contributed by atoms with van der Waals surface area (Å²) in [6.07, 6.45) is 0. The van der Waals surface area contributed by atoms with Crippen LogP contribution in [0.25, 0.3) is 10.1 Å². The molecule has 28 heavy (non-hydrogen) atoms. The number of esters is 1. The first-order chi connectivity index (χ1) is 13.3. The summed E-state index contributed by atoms with van der Waals surface area (Å²) in [7, 11) is 1.29. The van der Waals surface area contributed by atoms with Crippen molar-refractivity contribution in [2.45, 2.75) is 0 Å². The van der Waals surface area contributed by atoms with Crippen LogP contribution in [0.4, 0.5) is 17.1 Å². The Hall–Kier alpha value is -2.46. The van der Waals surface area contributed by atoms with Crippen molar-refractivity contribution < 1.29 is 14.5 Å². The zero-order valence-corrected chi connectivity index (χ0v) is 17.3. The third kappa shape index (κ3) is 4.17. The lowest BCUT2D eigenvalue weighted by Crippen LogP contribution is -2.19. The molecule has 0 saturated heterocycles. The number of halogens is 2. The molecule has 0 spiro atoms. The van der Waals surface area contributed by atoms with Crippen molar-refractivity contribution in [1.29, 1.82) is 0 Å². The van der Waals surface area contributed by atoms with Crippen LogP contribution in [-0.2, 0) is 4.74 Å². The fraction of sp³-hybridized carbons (Fsp3) is 0.0588. The van der Waals surface area contributed by atoms with Gasteiger partial charge in [0.15, 0.2) is 5.11 Å². The number of nitrogens with zero attached hydrogens (tertiary/aromatic N) is 1. The van der Waals surface area contributed by atoms with Gasteiger partial charge in [-0.1, -0.05) is 23.2 Å². The minimum atomic E-state index is -0.572. The summed E-state index contributed by atoms with van der Waals surface area (Å²) < 4.78 is 5.50. The summed E-state index contributed by atoms with van der Waals surface area (Å²) in [5, 5.41) is 18.2. The van der Waals surface area contributed by atoms with E-state index in [9.17, 15) is 14.9 Å². The maximum Gasteiger partial charge on any atom is 0.349 e. The second-order valence-corrected chi connectivity index (χ2v) is 7.70. The van der Waals surface area contributed by atoms with Crippen molar-refractivity contribution in [3.05, 3.63) is 61.4 Å². The summed E-state index contributed by atoms with van der Waals surface area (Å²) in [6, 6.07) is 9.59. The number of anilines is 2. The van der Waals surface area contributed by atoms with Gasteiger partial charge in [0.2, 0.25) is 0 Å². The van der Waals surface area contributed by atoms with E-state index in [0.717, 1.165) is 10.1 Å². The molecule has 0 aliphatic heterocycles. The lowest BCUT2D eigenvalue weighted by Gasteiger charge is -2.11. The Bertz CT molecular complexity index is 1120. The highest BCUT2D eigenvalue weighted by Crippen LogP contribution is 2.37. The van der Waals surface area contributed by atoms with E-state index in [1.54, 1.807) is 24.3 Å². The second kappa shape index (κ2) is 8.27. The number of methoxy groups -OCH3 is 1. The predicted octanol–water partition coefficient (Wildman–Crippen LogP) is 5.71. The number of hydrogen-bond donors (Lipinski definition) is 2. The number of thiocarbonyl (C=S) groups is 1. The topological polar surface area (TPSA) is 93.5 Å². The van der Waals surface area contributed by atoms with Crippen LogP contribution in [0.5, 0.6) is 0 Å². The third-order valence-electron chi connectivity index (χ3n) is 3.66. The Morgan fingerprint density at radius 2 is 1.82 bits per heavy atom. The highest BCUT2D eigenvalue weighted by molar-refractivity contribution is 7.80. The average molecular weight is 456 g/mol. The van der Waals surface area contributed by atoms with E-state index in [2.05, 4.69) is 10.6 Å². The molecule has 0 saturated carbocycles. The number of thiophene rings is 1. The fourth-order valence-electron chi connectivity index (χ4n) is 2.39. The maximum absolute atomic E-state index is 11.8. The Balaban J connectivity index is 1.79. The van der Waals surface area contributed by atoms with Crippen LogP contribution in [0.2, 0.25) is 10.0 Å². The van der Waals surface area contributed by atoms with Crippen molar-refractivity contribution in [3.63, 3.8) is 0 Å². The molecule has 0 aliphatic carbocycles. The molecule has 0 radical (unpaired) electrons. The minimum absolute atomic E-state index is 0.0378. The van der Waals surface area contributed by atoms with Crippen molar-refractivity contribution in [3.8, 4) is 0 Å². The molecular formula is C17H11Cl2N3O4S2. The lowest BCUT2D eigenvalue weighted by molar-refractivity contribution is -0.384. The number of nitrogens with one attached hydrogen (secondary N) is 2. The van der Waals surface area contributed by atoms with Crippen LogP contribution >= 0.6 is 46.8 Å². The Kier molecular flexibility index (Phi) is 5.99. The number of hydrogen-bond acceptors (Lipinski definition) is 6. The van der Waals surface area contributed by atoms with Crippen molar-refractivity contribution in [1.82, 2.24) is 0 Å². The number of nitro groups is 1. The van der Waals surface area contributed by atoms with Gasteiger partial charge in [-0.05, 0) is 42.5 Å². The van der Waals surface area contributed by atoms with Crippen LogP contribution in [0.1, 0.15) is 9.67 Å². The number of nitro benzene ring substituents is 1. The molecule has 0 amide bonds. The number of fused-ring (bicyclic) bond motifs is 1. The van der Waals surface area contributed by atoms with Gasteiger partial charge in [0.25, 0.3) is 5.69 Å². The molecule has 11 heteroatoms. The van der Waals surface area contributed by atoms with E-state index in [0.29, 0.717) is 21.3 Å². The van der Waals surface area contributed by atoms with E-state index < -0.39 is 10.9 Å². The van der Waals surface area contributed by atoms with E-state index >= 15 is 0 Å². The first kappa shape index (κ1) is 20.3. The summed E-state index contributed by atoms with van der Waals surface area (Å²) in [5.74, 6) is -0.498. The van der Waals surface area contributed by atoms with E-state index in [1.807, 2.05) is 0 Å². The molecule has 0 atom stereocenters.